The van der Waals surface area contributed by atoms with Crippen LogP contribution in [0, 0.1) is 0 Å². The van der Waals surface area contributed by atoms with Crippen LogP contribution < -0.4 is 0 Å². The lowest BCUT2D eigenvalue weighted by atomic mass is 9.99. The van der Waals surface area contributed by atoms with Gasteiger partial charge < -0.3 is 9.67 Å². The predicted molar refractivity (Wildman–Crippen MR) is 87.6 cm³/mol. The minimum atomic E-state index is -0.888. The number of nitrogens with zero attached hydrogens (tertiary/aromatic N) is 2. The van der Waals surface area contributed by atoms with Crippen LogP contribution in [-0.4, -0.2) is 14.7 Å². The second-order valence-electron chi connectivity index (χ2n) is 5.64. The largest absolute Gasteiger partial charge is 0.384 e. The highest BCUT2D eigenvalue weighted by molar-refractivity contribution is 7.19. The Morgan fingerprint density at radius 1 is 1.33 bits per heavy atom. The zero-order chi connectivity index (χ0) is 14.9. The van der Waals surface area contributed by atoms with Crippen LogP contribution >= 0.6 is 11.3 Å². The number of hydrogen-bond acceptors (Lipinski definition) is 3. The molecule has 4 heteroatoms. The van der Waals surface area contributed by atoms with E-state index in [0.29, 0.717) is 6.42 Å². The molecule has 0 aliphatic rings. The molecule has 2 heterocycles. The molecule has 2 aromatic heterocycles. The van der Waals surface area contributed by atoms with E-state index in [1.807, 2.05) is 31.5 Å². The molecular formula is C17H20N2OS. The van der Waals surface area contributed by atoms with Crippen LogP contribution in [0.25, 0.3) is 10.1 Å². The van der Waals surface area contributed by atoms with Gasteiger partial charge in [0.25, 0.3) is 0 Å². The van der Waals surface area contributed by atoms with E-state index in [9.17, 15) is 5.11 Å². The van der Waals surface area contributed by atoms with Gasteiger partial charge in [-0.3, -0.25) is 0 Å². The fraction of sp³-hybridized carbons (Fsp3) is 0.353. The normalized spacial score (nSPS) is 14.4. The molecule has 21 heavy (non-hydrogen) atoms. The van der Waals surface area contributed by atoms with Gasteiger partial charge >= 0.3 is 0 Å². The zero-order valence-corrected chi connectivity index (χ0v) is 13.2. The molecule has 1 atom stereocenters. The van der Waals surface area contributed by atoms with Crippen LogP contribution in [0.2, 0.25) is 0 Å². The maximum absolute atomic E-state index is 10.9. The summed E-state index contributed by atoms with van der Waals surface area (Å²) >= 11 is 1.66. The Hall–Kier alpha value is -1.65. The molecule has 1 unspecified atom stereocenters. The van der Waals surface area contributed by atoms with Gasteiger partial charge in [-0.2, -0.15) is 0 Å². The lowest BCUT2D eigenvalue weighted by molar-refractivity contribution is 0.0584. The van der Waals surface area contributed by atoms with Crippen molar-refractivity contribution in [3.63, 3.8) is 0 Å². The van der Waals surface area contributed by atoms with Crippen LogP contribution in [0.3, 0.4) is 0 Å². The van der Waals surface area contributed by atoms with Crippen LogP contribution in [-0.2, 0) is 18.6 Å². The number of aromatic nitrogens is 2. The van der Waals surface area contributed by atoms with E-state index in [0.717, 1.165) is 23.7 Å². The second-order valence-corrected chi connectivity index (χ2v) is 6.72. The third-order valence-corrected chi connectivity index (χ3v) is 5.09. The van der Waals surface area contributed by atoms with Crippen molar-refractivity contribution in [3.05, 3.63) is 53.4 Å². The number of thiophene rings is 1. The molecule has 0 fully saturated rings. The van der Waals surface area contributed by atoms with Crippen LogP contribution in [0.4, 0.5) is 0 Å². The maximum Gasteiger partial charge on any atom is 0.111 e. The lowest BCUT2D eigenvalue weighted by Gasteiger charge is -2.22. The fourth-order valence-electron chi connectivity index (χ4n) is 2.59. The number of hydrogen-bond donors (Lipinski definition) is 1. The Morgan fingerprint density at radius 2 is 2.14 bits per heavy atom. The molecule has 0 aliphatic heterocycles. The van der Waals surface area contributed by atoms with E-state index < -0.39 is 5.60 Å². The Labute approximate surface area is 128 Å². The second kappa shape index (κ2) is 5.62. The molecule has 0 aliphatic carbocycles. The minimum absolute atomic E-state index is 0.535. The molecule has 3 aromatic rings. The highest BCUT2D eigenvalue weighted by Crippen LogP contribution is 2.34. The fourth-order valence-corrected chi connectivity index (χ4v) is 3.70. The van der Waals surface area contributed by atoms with Gasteiger partial charge in [0.1, 0.15) is 11.4 Å². The number of benzene rings is 1. The van der Waals surface area contributed by atoms with Crippen molar-refractivity contribution >= 4 is 21.4 Å². The van der Waals surface area contributed by atoms with Crippen molar-refractivity contribution in [2.75, 3.05) is 0 Å². The molecule has 110 valence electrons. The monoisotopic (exact) mass is 300 g/mol. The summed E-state index contributed by atoms with van der Waals surface area (Å²) in [6, 6.07) is 10.3. The Balaban J connectivity index is 1.90. The van der Waals surface area contributed by atoms with Crippen LogP contribution in [0.5, 0.6) is 0 Å². The number of imidazole rings is 1. The summed E-state index contributed by atoms with van der Waals surface area (Å²) in [5.74, 6) is 0.944. The summed E-state index contributed by atoms with van der Waals surface area (Å²) in [6.07, 6.45) is 5.40. The Bertz CT molecular complexity index is 709. The molecule has 3 nitrogen and oxygen atoms in total. The van der Waals surface area contributed by atoms with Crippen molar-refractivity contribution in [1.29, 1.82) is 0 Å². The summed E-state index contributed by atoms with van der Waals surface area (Å²) in [5.41, 5.74) is -0.888. The number of aliphatic hydroxyl groups is 1. The molecule has 1 N–H and O–H groups in total. The first-order valence-electron chi connectivity index (χ1n) is 7.31. The first-order valence-corrected chi connectivity index (χ1v) is 8.13. The lowest BCUT2D eigenvalue weighted by Crippen LogP contribution is -2.25. The van der Waals surface area contributed by atoms with E-state index in [-0.39, 0.29) is 0 Å². The number of rotatable bonds is 5. The Morgan fingerprint density at radius 3 is 2.90 bits per heavy atom. The first kappa shape index (κ1) is 14.3. The molecule has 0 radical (unpaired) electrons. The molecular weight excluding hydrogens is 280 g/mol. The number of fused-ring (bicyclic) bond motifs is 1. The van der Waals surface area contributed by atoms with Gasteiger partial charge in [-0.1, -0.05) is 25.1 Å². The SMILES string of the molecule is CCCn1ccnc1CC(C)(O)c1cc2ccccc2s1. The van der Waals surface area contributed by atoms with E-state index in [2.05, 4.69) is 34.7 Å². The molecule has 0 bridgehead atoms. The van der Waals surface area contributed by atoms with Crippen molar-refractivity contribution in [2.24, 2.45) is 0 Å². The maximum atomic E-state index is 10.9. The third kappa shape index (κ3) is 2.87. The predicted octanol–water partition coefficient (Wildman–Crippen LogP) is 3.96. The van der Waals surface area contributed by atoms with Gasteiger partial charge in [-0.25, -0.2) is 4.98 Å². The van der Waals surface area contributed by atoms with E-state index >= 15 is 0 Å². The van der Waals surface area contributed by atoms with E-state index in [1.165, 1.54) is 10.1 Å². The summed E-state index contributed by atoms with van der Waals surface area (Å²) in [6.45, 7) is 4.97. The highest BCUT2D eigenvalue weighted by atomic mass is 32.1. The molecule has 0 spiro atoms. The van der Waals surface area contributed by atoms with Crippen LogP contribution in [0.15, 0.2) is 42.7 Å². The summed E-state index contributed by atoms with van der Waals surface area (Å²) in [4.78, 5) is 5.40. The van der Waals surface area contributed by atoms with Crippen molar-refractivity contribution in [3.8, 4) is 0 Å². The standard InChI is InChI=1S/C17H20N2OS/c1-3-9-19-10-8-18-16(19)12-17(2,20)15-11-13-6-4-5-7-14(13)21-15/h4-8,10-11,20H,3,9,12H2,1-2H3. The highest BCUT2D eigenvalue weighted by Gasteiger charge is 2.27. The van der Waals surface area contributed by atoms with Gasteiger partial charge in [0.2, 0.25) is 0 Å². The third-order valence-electron chi connectivity index (χ3n) is 3.72. The van der Waals surface area contributed by atoms with Gasteiger partial charge in [-0.15, -0.1) is 11.3 Å². The van der Waals surface area contributed by atoms with E-state index in [4.69, 9.17) is 0 Å². The summed E-state index contributed by atoms with van der Waals surface area (Å²) in [7, 11) is 0. The van der Waals surface area contributed by atoms with Gasteiger partial charge in [-0.05, 0) is 30.9 Å². The smallest absolute Gasteiger partial charge is 0.111 e. The summed E-state index contributed by atoms with van der Waals surface area (Å²) in [5, 5.41) is 12.1. The number of aryl methyl sites for hydroxylation is 1. The molecule has 0 saturated heterocycles. The minimum Gasteiger partial charge on any atom is -0.384 e. The Kier molecular flexibility index (Phi) is 3.83. The molecule has 3 rings (SSSR count). The zero-order valence-electron chi connectivity index (χ0n) is 12.4. The molecule has 0 saturated carbocycles. The van der Waals surface area contributed by atoms with Gasteiger partial charge in [0, 0.05) is 34.9 Å². The average molecular weight is 300 g/mol. The summed E-state index contributed by atoms with van der Waals surface area (Å²) < 4.78 is 3.34. The topological polar surface area (TPSA) is 38.0 Å². The van der Waals surface area contributed by atoms with Crippen molar-refractivity contribution < 1.29 is 5.11 Å². The van der Waals surface area contributed by atoms with Crippen LogP contribution in [0.1, 0.15) is 31.0 Å². The molecule has 1 aromatic carbocycles. The average Bonchev–Trinajstić information content (AvgIpc) is 3.06. The van der Waals surface area contributed by atoms with Crippen molar-refractivity contribution in [2.45, 2.75) is 38.8 Å². The van der Waals surface area contributed by atoms with E-state index in [1.54, 1.807) is 11.3 Å². The van der Waals surface area contributed by atoms with Crippen molar-refractivity contribution in [1.82, 2.24) is 9.55 Å². The molecule has 0 amide bonds. The first-order chi connectivity index (χ1) is 10.1. The van der Waals surface area contributed by atoms with Gasteiger partial charge in [0.15, 0.2) is 0 Å². The van der Waals surface area contributed by atoms with Gasteiger partial charge in [0.05, 0.1) is 0 Å². The quantitative estimate of drug-likeness (QED) is 0.774.